The Balaban J connectivity index is 1.31. The zero-order chi connectivity index (χ0) is 25.1. The molecule has 2 amide bonds. The maximum atomic E-state index is 14.0. The largest absolute Gasteiger partial charge is 0.497 e. The van der Waals surface area contributed by atoms with Gasteiger partial charge in [-0.2, -0.15) is 5.26 Å². The van der Waals surface area contributed by atoms with Gasteiger partial charge in [0.1, 0.15) is 5.75 Å². The Bertz CT molecular complexity index is 1430. The van der Waals surface area contributed by atoms with Crippen LogP contribution in [0.1, 0.15) is 31.7 Å². The monoisotopic (exact) mass is 498 g/mol. The number of rotatable bonds is 6. The molecule has 0 radical (unpaired) electrons. The van der Waals surface area contributed by atoms with Crippen molar-refractivity contribution < 1.29 is 19.1 Å². The van der Waals surface area contributed by atoms with Crippen LogP contribution in [-0.4, -0.2) is 35.9 Å². The Morgan fingerprint density at radius 1 is 1.03 bits per heavy atom. The van der Waals surface area contributed by atoms with Gasteiger partial charge in [-0.05, 0) is 62.6 Å². The van der Waals surface area contributed by atoms with Gasteiger partial charge in [-0.15, -0.1) is 11.8 Å². The van der Waals surface area contributed by atoms with Gasteiger partial charge in [0.2, 0.25) is 11.8 Å². The first-order valence-electron chi connectivity index (χ1n) is 12.2. The molecule has 3 aliphatic heterocycles. The molecule has 182 valence electrons. The van der Waals surface area contributed by atoms with Gasteiger partial charge in [0.25, 0.3) is 0 Å². The van der Waals surface area contributed by atoms with Crippen molar-refractivity contribution in [1.29, 1.82) is 5.26 Å². The smallest absolute Gasteiger partial charge is 0.240 e. The average Bonchev–Trinajstić information content (AvgIpc) is 3.48. The number of nitriles is 1. The highest BCUT2D eigenvalue weighted by Crippen LogP contribution is 2.62. The van der Waals surface area contributed by atoms with Crippen molar-refractivity contribution in [3.63, 3.8) is 0 Å². The van der Waals surface area contributed by atoms with E-state index in [-0.39, 0.29) is 11.8 Å². The molecule has 3 fully saturated rings. The molecule has 3 aliphatic rings. The summed E-state index contributed by atoms with van der Waals surface area (Å²) in [6.07, 6.45) is 2.23. The molecule has 3 aromatic carbocycles. The fraction of sp³-hybridized carbons (Fsp3) is 0.345. The molecule has 0 saturated carbocycles. The molecule has 0 aliphatic carbocycles. The third-order valence-corrected chi connectivity index (χ3v) is 9.14. The van der Waals surface area contributed by atoms with E-state index in [1.54, 1.807) is 31.0 Å². The van der Waals surface area contributed by atoms with Gasteiger partial charge in [-0.1, -0.05) is 24.3 Å². The van der Waals surface area contributed by atoms with E-state index in [1.165, 1.54) is 4.90 Å². The average molecular weight is 499 g/mol. The number of hydrogen-bond donors (Lipinski definition) is 0. The summed E-state index contributed by atoms with van der Waals surface area (Å²) in [4.78, 5) is 30.3. The fourth-order valence-electron chi connectivity index (χ4n) is 6.44. The van der Waals surface area contributed by atoms with Crippen LogP contribution in [-0.2, 0) is 14.3 Å². The number of methoxy groups -OCH3 is 1. The van der Waals surface area contributed by atoms with E-state index in [1.807, 2.05) is 55.5 Å². The van der Waals surface area contributed by atoms with Crippen molar-refractivity contribution >= 4 is 40.0 Å². The molecule has 2 bridgehead atoms. The van der Waals surface area contributed by atoms with Crippen molar-refractivity contribution in [2.75, 3.05) is 17.8 Å². The molecule has 3 heterocycles. The quantitative estimate of drug-likeness (QED) is 0.338. The number of carbonyl (C=O) groups excluding carboxylic acids is 2. The summed E-state index contributed by atoms with van der Waals surface area (Å²) in [6.45, 7) is 1.99. The summed E-state index contributed by atoms with van der Waals surface area (Å²) in [6, 6.07) is 21.0. The lowest BCUT2D eigenvalue weighted by atomic mass is 9.67. The Morgan fingerprint density at radius 2 is 1.75 bits per heavy atom. The third-order valence-electron chi connectivity index (χ3n) is 8.13. The minimum atomic E-state index is -0.640. The first-order valence-corrected chi connectivity index (χ1v) is 13.2. The first-order chi connectivity index (χ1) is 17.4. The molecular formula is C29H26N2O4S. The number of amides is 2. The van der Waals surface area contributed by atoms with E-state index < -0.39 is 23.0 Å². The van der Waals surface area contributed by atoms with Gasteiger partial charge in [-0.25, -0.2) is 4.90 Å². The van der Waals surface area contributed by atoms with Crippen molar-refractivity contribution in [3.8, 4) is 11.8 Å². The van der Waals surface area contributed by atoms with E-state index in [2.05, 4.69) is 6.07 Å². The van der Waals surface area contributed by atoms with E-state index in [0.717, 1.165) is 40.0 Å². The predicted octanol–water partition coefficient (Wildman–Crippen LogP) is 5.33. The normalized spacial score (nSPS) is 28.5. The number of benzene rings is 3. The second kappa shape index (κ2) is 8.36. The van der Waals surface area contributed by atoms with Gasteiger partial charge in [0, 0.05) is 21.4 Å². The van der Waals surface area contributed by atoms with Crippen LogP contribution < -0.4 is 9.64 Å². The second-order valence-electron chi connectivity index (χ2n) is 10.0. The molecule has 3 saturated heterocycles. The minimum absolute atomic E-state index is 0.183. The van der Waals surface area contributed by atoms with Crippen LogP contribution in [0, 0.1) is 23.2 Å². The maximum absolute atomic E-state index is 14.0. The van der Waals surface area contributed by atoms with Crippen molar-refractivity contribution in [1.82, 2.24) is 0 Å². The minimum Gasteiger partial charge on any atom is -0.497 e. The molecule has 3 aromatic rings. The highest BCUT2D eigenvalue weighted by molar-refractivity contribution is 7.99. The van der Waals surface area contributed by atoms with Crippen LogP contribution in [0.3, 0.4) is 0 Å². The zero-order valence-corrected chi connectivity index (χ0v) is 21.0. The summed E-state index contributed by atoms with van der Waals surface area (Å²) in [5.74, 6) is 0.252. The molecule has 4 atom stereocenters. The SMILES string of the molecule is COc1ccc(SCC[C@]23CC[C@](C)(O2)[C@@H]2C(=O)N(c4ccc(C#N)c5ccccc45)C(=O)[C@@H]23)cc1. The molecule has 0 unspecified atom stereocenters. The Labute approximate surface area is 214 Å². The van der Waals surface area contributed by atoms with Crippen LogP contribution in [0.15, 0.2) is 65.6 Å². The van der Waals surface area contributed by atoms with E-state index in [0.29, 0.717) is 17.7 Å². The van der Waals surface area contributed by atoms with E-state index >= 15 is 0 Å². The summed E-state index contributed by atoms with van der Waals surface area (Å²) < 4.78 is 11.8. The fourth-order valence-corrected chi connectivity index (χ4v) is 7.45. The Morgan fingerprint density at radius 3 is 2.47 bits per heavy atom. The van der Waals surface area contributed by atoms with E-state index in [4.69, 9.17) is 9.47 Å². The summed E-state index contributed by atoms with van der Waals surface area (Å²) in [5.41, 5.74) is -0.196. The topological polar surface area (TPSA) is 79.6 Å². The third kappa shape index (κ3) is 3.28. The molecule has 7 heteroatoms. The van der Waals surface area contributed by atoms with Crippen LogP contribution >= 0.6 is 11.8 Å². The van der Waals surface area contributed by atoms with Gasteiger partial charge >= 0.3 is 0 Å². The molecule has 36 heavy (non-hydrogen) atoms. The van der Waals surface area contributed by atoms with Crippen LogP contribution in [0.25, 0.3) is 10.8 Å². The van der Waals surface area contributed by atoms with Crippen LogP contribution in [0.5, 0.6) is 5.75 Å². The number of ether oxygens (including phenoxy) is 2. The van der Waals surface area contributed by atoms with Crippen molar-refractivity contribution in [2.24, 2.45) is 11.8 Å². The summed E-state index contributed by atoms with van der Waals surface area (Å²) in [5, 5.41) is 11.0. The number of thioether (sulfide) groups is 1. The van der Waals surface area contributed by atoms with Gasteiger partial charge < -0.3 is 9.47 Å². The van der Waals surface area contributed by atoms with Crippen molar-refractivity contribution in [3.05, 3.63) is 66.2 Å². The lowest BCUT2D eigenvalue weighted by Gasteiger charge is -2.31. The second-order valence-corrected chi connectivity index (χ2v) is 11.2. The van der Waals surface area contributed by atoms with Gasteiger partial charge in [0.15, 0.2) is 0 Å². The number of imide groups is 1. The number of anilines is 1. The van der Waals surface area contributed by atoms with Crippen LogP contribution in [0.4, 0.5) is 5.69 Å². The standard InChI is InChI=1S/C29H26N2O4S/c1-28-13-14-29(35-28,15-16-36-20-10-8-19(34-2)9-11-20)25-24(28)26(32)31(27(25)33)23-12-7-18(17-30)21-5-3-4-6-22(21)23/h3-12,24-25H,13-16H2,1-2H3/t24-,25+,28-,29-/m0/s1. The molecule has 0 spiro atoms. The first kappa shape index (κ1) is 23.1. The lowest BCUT2D eigenvalue weighted by molar-refractivity contribution is -0.130. The lowest BCUT2D eigenvalue weighted by Crippen LogP contribution is -2.42. The zero-order valence-electron chi connectivity index (χ0n) is 20.2. The molecule has 6 nitrogen and oxygen atoms in total. The predicted molar refractivity (Wildman–Crippen MR) is 138 cm³/mol. The summed E-state index contributed by atoms with van der Waals surface area (Å²) in [7, 11) is 1.65. The van der Waals surface area contributed by atoms with Gasteiger partial charge in [-0.3, -0.25) is 9.59 Å². The Kier molecular flexibility index (Phi) is 5.36. The Hall–Kier alpha value is -3.34. The number of hydrogen-bond acceptors (Lipinski definition) is 6. The highest BCUT2D eigenvalue weighted by Gasteiger charge is 2.73. The highest BCUT2D eigenvalue weighted by atomic mass is 32.2. The number of fused-ring (bicyclic) bond motifs is 6. The molecule has 0 aromatic heterocycles. The van der Waals surface area contributed by atoms with Gasteiger partial charge in [0.05, 0.1) is 47.5 Å². The summed E-state index contributed by atoms with van der Waals surface area (Å²) >= 11 is 1.72. The molecular weight excluding hydrogens is 472 g/mol. The van der Waals surface area contributed by atoms with E-state index in [9.17, 15) is 14.9 Å². The van der Waals surface area contributed by atoms with Crippen molar-refractivity contribution in [2.45, 2.75) is 42.3 Å². The number of carbonyl (C=O) groups is 2. The molecule has 6 rings (SSSR count). The number of nitrogens with zero attached hydrogens (tertiary/aromatic N) is 2. The van der Waals surface area contributed by atoms with Crippen LogP contribution in [0.2, 0.25) is 0 Å². The molecule has 0 N–H and O–H groups in total. The maximum Gasteiger partial charge on any atom is 0.240 e.